The molecule has 0 saturated carbocycles. The summed E-state index contributed by atoms with van der Waals surface area (Å²) in [6, 6.07) is 18.2. The second-order valence-corrected chi connectivity index (χ2v) is 3.73. The van der Waals surface area contributed by atoms with E-state index in [-0.39, 0.29) is 0 Å². The summed E-state index contributed by atoms with van der Waals surface area (Å²) in [5, 5.41) is 8.65. The van der Waals surface area contributed by atoms with Gasteiger partial charge in [0.25, 0.3) is 0 Å². The van der Waals surface area contributed by atoms with Crippen LogP contribution >= 0.6 is 0 Å². The van der Waals surface area contributed by atoms with Gasteiger partial charge in [-0.1, -0.05) is 66.7 Å². The van der Waals surface area contributed by atoms with Crippen LogP contribution in [0.2, 0.25) is 0 Å². The fraction of sp³-hybridized carbons (Fsp3) is 0. The highest BCUT2D eigenvalue weighted by Gasteiger charge is 1.88. The van der Waals surface area contributed by atoms with E-state index in [0.717, 1.165) is 17.4 Å². The minimum atomic E-state index is 0.990. The van der Waals surface area contributed by atoms with Crippen LogP contribution in [0.25, 0.3) is 18.2 Å². The second kappa shape index (κ2) is 5.71. The van der Waals surface area contributed by atoms with Gasteiger partial charge in [-0.2, -0.15) is 0 Å². The van der Waals surface area contributed by atoms with E-state index in [0.29, 0.717) is 0 Å². The largest absolute Gasteiger partial charge is 0.516 e. The summed E-state index contributed by atoms with van der Waals surface area (Å²) in [6.45, 7) is 0. The molecule has 0 unspecified atom stereocenters. The van der Waals surface area contributed by atoms with Crippen LogP contribution in [0.3, 0.4) is 0 Å². The second-order valence-electron chi connectivity index (χ2n) is 3.73. The highest BCUT2D eigenvalue weighted by Crippen LogP contribution is 2.10. The van der Waals surface area contributed by atoms with Gasteiger partial charge in [0.15, 0.2) is 0 Å². The van der Waals surface area contributed by atoms with Crippen LogP contribution in [0.4, 0.5) is 0 Å². The first-order valence-electron chi connectivity index (χ1n) is 5.52. The third-order valence-electron chi connectivity index (χ3n) is 2.47. The van der Waals surface area contributed by atoms with Crippen molar-refractivity contribution in [3.8, 4) is 0 Å². The van der Waals surface area contributed by atoms with Crippen LogP contribution in [-0.4, -0.2) is 5.11 Å². The molecule has 17 heavy (non-hydrogen) atoms. The van der Waals surface area contributed by atoms with Crippen LogP contribution in [-0.2, 0) is 0 Å². The molecule has 0 radical (unpaired) electrons. The lowest BCUT2D eigenvalue weighted by molar-refractivity contribution is 0.478. The first-order valence-corrected chi connectivity index (χ1v) is 5.52. The van der Waals surface area contributed by atoms with E-state index in [2.05, 4.69) is 24.3 Å². The van der Waals surface area contributed by atoms with Crippen LogP contribution in [0, 0.1) is 0 Å². The Morgan fingerprint density at radius 1 is 0.588 bits per heavy atom. The van der Waals surface area contributed by atoms with Gasteiger partial charge in [-0.15, -0.1) is 0 Å². The van der Waals surface area contributed by atoms with Crippen LogP contribution < -0.4 is 0 Å². The quantitative estimate of drug-likeness (QED) is 0.603. The highest BCUT2D eigenvalue weighted by molar-refractivity contribution is 5.70. The molecule has 0 spiro atoms. The third kappa shape index (κ3) is 3.35. The van der Waals surface area contributed by atoms with Crippen molar-refractivity contribution in [1.29, 1.82) is 0 Å². The Kier molecular flexibility index (Phi) is 3.77. The van der Waals surface area contributed by atoms with Crippen LogP contribution in [0.1, 0.15) is 16.7 Å². The molecule has 0 aromatic heterocycles. The Morgan fingerprint density at radius 2 is 1.06 bits per heavy atom. The number of aliphatic hydroxyl groups is 1. The van der Waals surface area contributed by atoms with Gasteiger partial charge >= 0.3 is 0 Å². The zero-order valence-corrected chi connectivity index (χ0v) is 9.45. The van der Waals surface area contributed by atoms with Gasteiger partial charge in [0, 0.05) is 0 Å². The Morgan fingerprint density at radius 3 is 1.59 bits per heavy atom. The summed E-state index contributed by atoms with van der Waals surface area (Å²) >= 11 is 0. The fourth-order valence-electron chi connectivity index (χ4n) is 1.56. The lowest BCUT2D eigenvalue weighted by Gasteiger charge is -1.96. The topological polar surface area (TPSA) is 20.2 Å². The number of rotatable bonds is 3. The first kappa shape index (κ1) is 11.2. The number of hydrogen-bond donors (Lipinski definition) is 1. The first-order chi connectivity index (χ1) is 8.38. The molecule has 0 heterocycles. The van der Waals surface area contributed by atoms with Crippen molar-refractivity contribution in [2.75, 3.05) is 0 Å². The van der Waals surface area contributed by atoms with Gasteiger partial charge in [-0.3, -0.25) is 0 Å². The molecule has 0 amide bonds. The maximum atomic E-state index is 8.65. The third-order valence-corrected chi connectivity index (χ3v) is 2.47. The summed E-state index contributed by atoms with van der Waals surface area (Å²) in [6.07, 6.45) is 6.86. The van der Waals surface area contributed by atoms with E-state index in [1.807, 2.05) is 42.5 Å². The van der Waals surface area contributed by atoms with Crippen molar-refractivity contribution in [3.05, 3.63) is 77.5 Å². The predicted octanol–water partition coefficient (Wildman–Crippen LogP) is 4.39. The van der Waals surface area contributed by atoms with Crippen molar-refractivity contribution < 1.29 is 5.11 Å². The van der Waals surface area contributed by atoms with E-state index in [1.54, 1.807) is 6.08 Å². The molecular formula is C16H14O. The van der Waals surface area contributed by atoms with Crippen LogP contribution in [0.5, 0.6) is 0 Å². The molecule has 0 bridgehead atoms. The maximum absolute atomic E-state index is 8.65. The molecule has 0 aliphatic carbocycles. The van der Waals surface area contributed by atoms with Crippen molar-refractivity contribution in [1.82, 2.24) is 0 Å². The van der Waals surface area contributed by atoms with Crippen molar-refractivity contribution in [2.45, 2.75) is 0 Å². The molecule has 2 aromatic carbocycles. The van der Waals surface area contributed by atoms with E-state index < -0.39 is 0 Å². The van der Waals surface area contributed by atoms with Crippen molar-refractivity contribution >= 4 is 18.2 Å². The van der Waals surface area contributed by atoms with Crippen molar-refractivity contribution in [2.24, 2.45) is 0 Å². The molecule has 0 aliphatic heterocycles. The molecule has 84 valence electrons. The highest BCUT2D eigenvalue weighted by atomic mass is 16.2. The maximum Gasteiger partial charge on any atom is 0.0797 e. The van der Waals surface area contributed by atoms with E-state index in [4.69, 9.17) is 5.11 Å². The molecule has 0 aliphatic rings. The molecule has 1 heteroatoms. The zero-order valence-electron chi connectivity index (χ0n) is 9.45. The fourth-order valence-corrected chi connectivity index (χ4v) is 1.56. The van der Waals surface area contributed by atoms with Gasteiger partial charge in [0.05, 0.1) is 6.26 Å². The van der Waals surface area contributed by atoms with Gasteiger partial charge in [0.1, 0.15) is 0 Å². The molecule has 2 aromatic rings. The van der Waals surface area contributed by atoms with Crippen molar-refractivity contribution in [3.63, 3.8) is 0 Å². The smallest absolute Gasteiger partial charge is 0.0797 e. The summed E-state index contributed by atoms with van der Waals surface area (Å²) < 4.78 is 0. The molecular weight excluding hydrogens is 208 g/mol. The average molecular weight is 222 g/mol. The Hall–Kier alpha value is -2.28. The summed E-state index contributed by atoms with van der Waals surface area (Å²) in [4.78, 5) is 0. The Labute approximate surface area is 101 Å². The van der Waals surface area contributed by atoms with E-state index in [1.165, 1.54) is 5.56 Å². The molecule has 1 nitrogen and oxygen atoms in total. The summed E-state index contributed by atoms with van der Waals surface area (Å²) in [5.74, 6) is 0. The normalized spacial score (nSPS) is 11.3. The number of aliphatic hydroxyl groups excluding tert-OH is 1. The lowest BCUT2D eigenvalue weighted by Crippen LogP contribution is -1.75. The monoisotopic (exact) mass is 222 g/mol. The molecule has 0 atom stereocenters. The van der Waals surface area contributed by atoms with E-state index >= 15 is 0 Å². The zero-order chi connectivity index (χ0) is 11.9. The Balaban J connectivity index is 2.11. The number of hydrogen-bond acceptors (Lipinski definition) is 1. The molecule has 0 fully saturated rings. The van der Waals surface area contributed by atoms with Gasteiger partial charge in [-0.25, -0.2) is 0 Å². The molecule has 0 saturated heterocycles. The molecule has 2 rings (SSSR count). The average Bonchev–Trinajstić information content (AvgIpc) is 2.40. The summed E-state index contributed by atoms with van der Waals surface area (Å²) in [7, 11) is 0. The Bertz CT molecular complexity index is 507. The van der Waals surface area contributed by atoms with Gasteiger partial charge in [-0.05, 0) is 22.8 Å². The minimum absolute atomic E-state index is 0.990. The number of benzene rings is 2. The molecule has 1 N–H and O–H groups in total. The minimum Gasteiger partial charge on any atom is -0.516 e. The van der Waals surface area contributed by atoms with Crippen LogP contribution in [0.15, 0.2) is 60.9 Å². The SMILES string of the molecule is O/C=C/c1ccc(C=Cc2ccccc2)cc1. The lowest BCUT2D eigenvalue weighted by atomic mass is 10.1. The summed E-state index contributed by atoms with van der Waals surface area (Å²) in [5.41, 5.74) is 3.32. The predicted molar refractivity (Wildman–Crippen MR) is 73.5 cm³/mol. The van der Waals surface area contributed by atoms with E-state index in [9.17, 15) is 0 Å². The standard InChI is InChI=1S/C16H14O/c17-13-12-16-10-8-15(9-11-16)7-6-14-4-2-1-3-5-14/h1-13,17H/b7-6?,13-12+. The van der Waals surface area contributed by atoms with Gasteiger partial charge < -0.3 is 5.11 Å². The van der Waals surface area contributed by atoms with Gasteiger partial charge in [0.2, 0.25) is 0 Å².